The fraction of sp³-hybridized carbons (Fsp3) is 0.846. The van der Waals surface area contributed by atoms with Crippen molar-refractivity contribution in [2.24, 2.45) is 11.8 Å². The fourth-order valence-electron chi connectivity index (χ4n) is 2.54. The first kappa shape index (κ1) is 12.6. The van der Waals surface area contributed by atoms with Gasteiger partial charge in [-0.1, -0.05) is 32.9 Å². The van der Waals surface area contributed by atoms with Crippen LogP contribution in [0.3, 0.4) is 0 Å². The van der Waals surface area contributed by atoms with Gasteiger partial charge in [-0.3, -0.25) is 0 Å². The van der Waals surface area contributed by atoms with Gasteiger partial charge in [0.05, 0.1) is 5.41 Å². The molecule has 0 aliphatic carbocycles. The minimum Gasteiger partial charge on any atom is -0.339 e. The number of hydrogen-bond acceptors (Lipinski definition) is 4. The third kappa shape index (κ3) is 2.37. The highest BCUT2D eigenvalue weighted by Gasteiger charge is 2.43. The van der Waals surface area contributed by atoms with E-state index in [2.05, 4.69) is 43.2 Å². The van der Waals surface area contributed by atoms with Crippen LogP contribution in [0.2, 0.25) is 0 Å². The summed E-state index contributed by atoms with van der Waals surface area (Å²) >= 11 is 0. The molecule has 1 atom stereocenters. The summed E-state index contributed by atoms with van der Waals surface area (Å²) in [6, 6.07) is 0. The molecule has 4 nitrogen and oxygen atoms in total. The van der Waals surface area contributed by atoms with Crippen molar-refractivity contribution in [2.45, 2.75) is 46.0 Å². The Morgan fingerprint density at radius 3 is 2.65 bits per heavy atom. The number of rotatable bonds is 4. The quantitative estimate of drug-likeness (QED) is 0.872. The summed E-state index contributed by atoms with van der Waals surface area (Å²) in [5.74, 6) is 2.76. The van der Waals surface area contributed by atoms with E-state index in [1.54, 1.807) is 0 Å². The van der Waals surface area contributed by atoms with Crippen molar-refractivity contribution < 1.29 is 4.52 Å². The second-order valence-electron chi connectivity index (χ2n) is 5.85. The van der Waals surface area contributed by atoms with Gasteiger partial charge in [-0.2, -0.15) is 4.98 Å². The molecule has 0 saturated carbocycles. The van der Waals surface area contributed by atoms with Crippen molar-refractivity contribution in [3.8, 4) is 0 Å². The lowest BCUT2D eigenvalue weighted by molar-refractivity contribution is 0.234. The van der Waals surface area contributed by atoms with Crippen molar-refractivity contribution in [3.05, 3.63) is 11.7 Å². The van der Waals surface area contributed by atoms with Crippen molar-refractivity contribution in [3.63, 3.8) is 0 Å². The molecular formula is C13H23N3O. The van der Waals surface area contributed by atoms with Gasteiger partial charge in [-0.25, -0.2) is 0 Å². The zero-order chi connectivity index (χ0) is 12.5. The van der Waals surface area contributed by atoms with Crippen LogP contribution < -0.4 is 5.32 Å². The monoisotopic (exact) mass is 237 g/mol. The molecule has 0 radical (unpaired) electrons. The molecule has 1 aliphatic heterocycles. The van der Waals surface area contributed by atoms with E-state index < -0.39 is 0 Å². The van der Waals surface area contributed by atoms with E-state index in [0.717, 1.165) is 37.6 Å². The van der Waals surface area contributed by atoms with Gasteiger partial charge in [0.1, 0.15) is 0 Å². The summed E-state index contributed by atoms with van der Waals surface area (Å²) < 4.78 is 5.51. The lowest BCUT2D eigenvalue weighted by atomic mass is 9.76. The van der Waals surface area contributed by atoms with Gasteiger partial charge in [-0.05, 0) is 24.8 Å². The maximum atomic E-state index is 5.51. The van der Waals surface area contributed by atoms with Crippen LogP contribution in [-0.4, -0.2) is 23.2 Å². The molecule has 4 heteroatoms. The Balaban J connectivity index is 2.22. The number of nitrogens with zero attached hydrogens (tertiary/aromatic N) is 2. The summed E-state index contributed by atoms with van der Waals surface area (Å²) in [4.78, 5) is 4.61. The molecule has 2 heterocycles. The Labute approximate surface area is 103 Å². The molecule has 1 saturated heterocycles. The zero-order valence-corrected chi connectivity index (χ0v) is 11.3. The molecule has 0 aromatic carbocycles. The van der Waals surface area contributed by atoms with Crippen molar-refractivity contribution in [2.75, 3.05) is 13.1 Å². The van der Waals surface area contributed by atoms with E-state index in [9.17, 15) is 0 Å². The smallest absolute Gasteiger partial charge is 0.234 e. The highest BCUT2D eigenvalue weighted by Crippen LogP contribution is 2.36. The van der Waals surface area contributed by atoms with Crippen LogP contribution in [0.25, 0.3) is 0 Å². The second-order valence-corrected chi connectivity index (χ2v) is 5.85. The van der Waals surface area contributed by atoms with Gasteiger partial charge in [0.15, 0.2) is 5.82 Å². The number of aromatic nitrogens is 2. The molecule has 0 amide bonds. The Morgan fingerprint density at radius 2 is 2.12 bits per heavy atom. The van der Waals surface area contributed by atoms with Gasteiger partial charge < -0.3 is 9.84 Å². The number of nitrogens with one attached hydrogen (secondary N) is 1. The van der Waals surface area contributed by atoms with E-state index in [-0.39, 0.29) is 5.41 Å². The summed E-state index contributed by atoms with van der Waals surface area (Å²) in [5.41, 5.74) is 0.0439. The molecule has 1 aromatic rings. The maximum Gasteiger partial charge on any atom is 0.234 e. The molecule has 17 heavy (non-hydrogen) atoms. The van der Waals surface area contributed by atoms with Crippen LogP contribution in [0.15, 0.2) is 4.52 Å². The second kappa shape index (κ2) is 4.77. The average molecular weight is 237 g/mol. The van der Waals surface area contributed by atoms with Gasteiger partial charge in [-0.15, -0.1) is 0 Å². The summed E-state index contributed by atoms with van der Waals surface area (Å²) in [7, 11) is 0. The van der Waals surface area contributed by atoms with Crippen LogP contribution in [0.5, 0.6) is 0 Å². The minimum absolute atomic E-state index is 0.0439. The fourth-order valence-corrected chi connectivity index (χ4v) is 2.54. The largest absolute Gasteiger partial charge is 0.339 e. The highest BCUT2D eigenvalue weighted by molar-refractivity contribution is 5.11. The predicted molar refractivity (Wildman–Crippen MR) is 66.8 cm³/mol. The molecule has 1 unspecified atom stereocenters. The van der Waals surface area contributed by atoms with Gasteiger partial charge in [0, 0.05) is 13.0 Å². The Morgan fingerprint density at radius 1 is 1.35 bits per heavy atom. The summed E-state index contributed by atoms with van der Waals surface area (Å²) in [6.45, 7) is 10.8. The maximum absolute atomic E-state index is 5.51. The van der Waals surface area contributed by atoms with Crippen molar-refractivity contribution in [1.82, 2.24) is 15.5 Å². The van der Waals surface area contributed by atoms with Crippen LogP contribution in [-0.2, 0) is 11.8 Å². The lowest BCUT2D eigenvalue weighted by Gasteiger charge is -2.28. The van der Waals surface area contributed by atoms with Crippen LogP contribution >= 0.6 is 0 Å². The first-order valence-electron chi connectivity index (χ1n) is 6.58. The highest BCUT2D eigenvalue weighted by atomic mass is 16.5. The summed E-state index contributed by atoms with van der Waals surface area (Å²) in [5, 5.41) is 7.53. The van der Waals surface area contributed by atoms with Crippen LogP contribution in [0.1, 0.15) is 45.8 Å². The predicted octanol–water partition coefficient (Wildman–Crippen LogP) is 2.16. The van der Waals surface area contributed by atoms with Crippen LogP contribution in [0, 0.1) is 11.8 Å². The Hall–Kier alpha value is -0.900. The van der Waals surface area contributed by atoms with Crippen molar-refractivity contribution >= 4 is 0 Å². The van der Waals surface area contributed by atoms with E-state index >= 15 is 0 Å². The minimum atomic E-state index is 0.0439. The van der Waals surface area contributed by atoms with E-state index in [4.69, 9.17) is 4.52 Å². The van der Waals surface area contributed by atoms with Gasteiger partial charge in [0.2, 0.25) is 5.89 Å². The SMILES string of the molecule is CC(C)Cc1noc(C2(C(C)C)CCNC2)n1. The van der Waals surface area contributed by atoms with Gasteiger partial charge >= 0.3 is 0 Å². The third-order valence-corrected chi connectivity index (χ3v) is 3.78. The molecule has 2 rings (SSSR count). The first-order chi connectivity index (χ1) is 8.04. The van der Waals surface area contributed by atoms with E-state index in [0.29, 0.717) is 11.8 Å². The average Bonchev–Trinajstić information content (AvgIpc) is 2.83. The molecule has 0 bridgehead atoms. The molecule has 1 N–H and O–H groups in total. The molecule has 1 aliphatic rings. The molecule has 0 spiro atoms. The molecule has 96 valence electrons. The standard InChI is InChI=1S/C13H23N3O/c1-9(2)7-11-15-12(17-16-11)13(10(3)4)5-6-14-8-13/h9-10,14H,5-8H2,1-4H3. The van der Waals surface area contributed by atoms with Gasteiger partial charge in [0.25, 0.3) is 0 Å². The summed E-state index contributed by atoms with van der Waals surface area (Å²) in [6.07, 6.45) is 1.99. The third-order valence-electron chi connectivity index (χ3n) is 3.78. The number of hydrogen-bond donors (Lipinski definition) is 1. The van der Waals surface area contributed by atoms with E-state index in [1.165, 1.54) is 0 Å². The Kier molecular flexibility index (Phi) is 3.52. The molecule has 1 aromatic heterocycles. The zero-order valence-electron chi connectivity index (χ0n) is 11.3. The van der Waals surface area contributed by atoms with E-state index in [1.807, 2.05) is 0 Å². The Bertz CT molecular complexity index is 364. The normalized spacial score (nSPS) is 25.1. The topological polar surface area (TPSA) is 51.0 Å². The van der Waals surface area contributed by atoms with Crippen LogP contribution in [0.4, 0.5) is 0 Å². The molecule has 1 fully saturated rings. The lowest BCUT2D eigenvalue weighted by Crippen LogP contribution is -2.35. The van der Waals surface area contributed by atoms with Crippen molar-refractivity contribution in [1.29, 1.82) is 0 Å². The molecular weight excluding hydrogens is 214 g/mol. The first-order valence-corrected chi connectivity index (χ1v) is 6.58.